The topological polar surface area (TPSA) is 112 Å². The van der Waals surface area contributed by atoms with E-state index in [9.17, 15) is 14.4 Å². The smallest absolute Gasteiger partial charge is 0.321 e. The number of benzene rings is 2. The normalized spacial score (nSPS) is 10.5. The molecule has 162 valence electrons. The first-order valence-corrected chi connectivity index (χ1v) is 10.3. The predicted molar refractivity (Wildman–Crippen MR) is 118 cm³/mol. The van der Waals surface area contributed by atoms with Crippen molar-refractivity contribution in [3.63, 3.8) is 0 Å². The van der Waals surface area contributed by atoms with Crippen LogP contribution in [0, 0.1) is 0 Å². The van der Waals surface area contributed by atoms with Crippen molar-refractivity contribution in [2.75, 3.05) is 27.0 Å². The molecule has 0 aliphatic carbocycles. The molecule has 31 heavy (non-hydrogen) atoms. The average Bonchev–Trinajstić information content (AvgIpc) is 2.79. The van der Waals surface area contributed by atoms with E-state index in [0.717, 1.165) is 17.3 Å². The van der Waals surface area contributed by atoms with Crippen LogP contribution >= 0.6 is 11.8 Å². The van der Waals surface area contributed by atoms with Crippen LogP contribution in [0.3, 0.4) is 0 Å². The molecule has 0 bridgehead atoms. The Kier molecular flexibility index (Phi) is 7.14. The van der Waals surface area contributed by atoms with Crippen LogP contribution in [-0.4, -0.2) is 48.5 Å². The number of ether oxygens (including phenoxy) is 2. The molecular weight excluding hydrogens is 420 g/mol. The fourth-order valence-electron chi connectivity index (χ4n) is 2.91. The Morgan fingerprint density at radius 2 is 1.84 bits per heavy atom. The number of nitrogens with one attached hydrogen (secondary N) is 2. The van der Waals surface area contributed by atoms with Gasteiger partial charge >= 0.3 is 6.03 Å². The minimum absolute atomic E-state index is 0.0792. The molecule has 0 fully saturated rings. The zero-order chi connectivity index (χ0) is 22.4. The molecule has 0 unspecified atom stereocenters. The van der Waals surface area contributed by atoms with Crippen molar-refractivity contribution >= 4 is 34.6 Å². The number of carbonyl (C=O) groups excluding carboxylic acids is 2. The summed E-state index contributed by atoms with van der Waals surface area (Å²) in [5.74, 6) is 0.547. The lowest BCUT2D eigenvalue weighted by Gasteiger charge is -2.14. The van der Waals surface area contributed by atoms with Gasteiger partial charge in [0.2, 0.25) is 5.91 Å². The third kappa shape index (κ3) is 5.15. The lowest BCUT2D eigenvalue weighted by Crippen LogP contribution is -2.38. The Balaban J connectivity index is 1.97. The molecule has 2 aromatic carbocycles. The van der Waals surface area contributed by atoms with Gasteiger partial charge in [-0.1, -0.05) is 30.0 Å². The van der Waals surface area contributed by atoms with Crippen LogP contribution in [0.1, 0.15) is 5.56 Å². The molecule has 3 rings (SSSR count). The number of imide groups is 1. The van der Waals surface area contributed by atoms with Crippen molar-refractivity contribution in [3.05, 3.63) is 58.4 Å². The summed E-state index contributed by atoms with van der Waals surface area (Å²) < 4.78 is 12.1. The van der Waals surface area contributed by atoms with Gasteiger partial charge in [0.05, 0.1) is 37.4 Å². The van der Waals surface area contributed by atoms with Crippen LogP contribution < -0.4 is 25.7 Å². The molecule has 0 spiro atoms. The van der Waals surface area contributed by atoms with E-state index in [1.165, 1.54) is 18.7 Å². The molecule has 0 radical (unpaired) electrons. The van der Waals surface area contributed by atoms with Crippen LogP contribution in [0.15, 0.2) is 52.4 Å². The third-order valence-electron chi connectivity index (χ3n) is 4.43. The van der Waals surface area contributed by atoms with Crippen molar-refractivity contribution in [3.8, 4) is 11.5 Å². The largest absolute Gasteiger partial charge is 0.493 e. The number of methoxy groups -OCH3 is 2. The van der Waals surface area contributed by atoms with Crippen LogP contribution in [0.4, 0.5) is 4.79 Å². The van der Waals surface area contributed by atoms with Gasteiger partial charge in [0.15, 0.2) is 16.7 Å². The van der Waals surface area contributed by atoms with Gasteiger partial charge in [-0.05, 0) is 29.8 Å². The van der Waals surface area contributed by atoms with Crippen LogP contribution in [0.5, 0.6) is 11.5 Å². The van der Waals surface area contributed by atoms with Crippen molar-refractivity contribution in [2.45, 2.75) is 11.7 Å². The number of nitrogens with zero attached hydrogens (tertiary/aromatic N) is 2. The number of hydrogen-bond acceptors (Lipinski definition) is 7. The molecule has 1 aromatic heterocycles. The van der Waals surface area contributed by atoms with Gasteiger partial charge in [-0.3, -0.25) is 19.5 Å². The summed E-state index contributed by atoms with van der Waals surface area (Å²) in [6.45, 7) is 0.219. The number of thioether (sulfide) groups is 1. The summed E-state index contributed by atoms with van der Waals surface area (Å²) in [4.78, 5) is 41.1. The summed E-state index contributed by atoms with van der Waals surface area (Å²) >= 11 is 1.08. The van der Waals surface area contributed by atoms with E-state index >= 15 is 0 Å². The van der Waals surface area contributed by atoms with Gasteiger partial charge in [0.1, 0.15) is 0 Å². The Labute approximate surface area is 182 Å². The highest BCUT2D eigenvalue weighted by Gasteiger charge is 2.15. The number of fused-ring (bicyclic) bond motifs is 1. The average molecular weight is 442 g/mol. The predicted octanol–water partition coefficient (Wildman–Crippen LogP) is 2.01. The summed E-state index contributed by atoms with van der Waals surface area (Å²) in [6.07, 6.45) is 0. The second kappa shape index (κ2) is 9.98. The van der Waals surface area contributed by atoms with Crippen LogP contribution in [-0.2, 0) is 11.3 Å². The van der Waals surface area contributed by atoms with E-state index in [2.05, 4.69) is 15.6 Å². The molecule has 0 saturated heterocycles. The molecule has 9 nitrogen and oxygen atoms in total. The minimum Gasteiger partial charge on any atom is -0.493 e. The first kappa shape index (κ1) is 22.2. The Hall–Kier alpha value is -3.53. The quantitative estimate of drug-likeness (QED) is 0.425. The van der Waals surface area contributed by atoms with Gasteiger partial charge in [0.25, 0.3) is 5.56 Å². The molecule has 3 amide bonds. The molecule has 0 saturated carbocycles. The van der Waals surface area contributed by atoms with Gasteiger partial charge in [-0.2, -0.15) is 0 Å². The van der Waals surface area contributed by atoms with Gasteiger partial charge in [-0.15, -0.1) is 0 Å². The highest BCUT2D eigenvalue weighted by atomic mass is 32.2. The van der Waals surface area contributed by atoms with Crippen LogP contribution in [0.25, 0.3) is 10.9 Å². The lowest BCUT2D eigenvalue weighted by molar-refractivity contribution is -0.117. The molecule has 1 heterocycles. The fraction of sp³-hybridized carbons (Fsp3) is 0.238. The van der Waals surface area contributed by atoms with Gasteiger partial charge in [0, 0.05) is 7.05 Å². The maximum absolute atomic E-state index is 13.2. The minimum atomic E-state index is -0.597. The summed E-state index contributed by atoms with van der Waals surface area (Å²) in [7, 11) is 4.51. The first-order chi connectivity index (χ1) is 15.0. The zero-order valence-corrected chi connectivity index (χ0v) is 18.1. The molecule has 0 aliphatic heterocycles. The maximum Gasteiger partial charge on any atom is 0.321 e. The van der Waals surface area contributed by atoms with Crippen molar-refractivity contribution in [1.82, 2.24) is 20.2 Å². The zero-order valence-electron chi connectivity index (χ0n) is 17.3. The number of amides is 3. The molecule has 3 aromatic rings. The van der Waals surface area contributed by atoms with Crippen LogP contribution in [0.2, 0.25) is 0 Å². The highest BCUT2D eigenvalue weighted by Crippen LogP contribution is 2.28. The summed E-state index contributed by atoms with van der Waals surface area (Å²) in [5, 5.41) is 5.35. The number of rotatable bonds is 7. The molecule has 0 aliphatic rings. The van der Waals surface area contributed by atoms with E-state index in [4.69, 9.17) is 9.47 Å². The summed E-state index contributed by atoms with van der Waals surface area (Å²) in [5.41, 5.74) is 1.10. The number of hydrogen-bond donors (Lipinski definition) is 2. The molecule has 0 atom stereocenters. The van der Waals surface area contributed by atoms with E-state index in [-0.39, 0.29) is 17.9 Å². The van der Waals surface area contributed by atoms with Gasteiger partial charge < -0.3 is 14.8 Å². The second-order valence-corrected chi connectivity index (χ2v) is 7.35. The monoisotopic (exact) mass is 442 g/mol. The van der Waals surface area contributed by atoms with Gasteiger partial charge in [-0.25, -0.2) is 9.78 Å². The summed E-state index contributed by atoms with van der Waals surface area (Å²) in [6, 6.07) is 11.8. The van der Waals surface area contributed by atoms with Crippen molar-refractivity contribution in [1.29, 1.82) is 0 Å². The standard InChI is InChI=1S/C21H22N4O5S/c1-22-20(28)24-18(26)12-31-21-23-15-7-5-4-6-14(15)19(27)25(21)11-13-8-9-16(29-2)17(10-13)30-3/h4-10H,11-12H2,1-3H3,(H2,22,24,26,28). The van der Waals surface area contributed by atoms with E-state index in [1.54, 1.807) is 43.5 Å². The number of urea groups is 1. The second-order valence-electron chi connectivity index (χ2n) is 6.41. The Bertz CT molecular complexity index is 1180. The van der Waals surface area contributed by atoms with Crippen molar-refractivity contribution in [2.24, 2.45) is 0 Å². The number of para-hydroxylation sites is 1. The number of aromatic nitrogens is 2. The SMILES string of the molecule is CNC(=O)NC(=O)CSc1nc2ccccc2c(=O)n1Cc1ccc(OC)c(OC)c1. The maximum atomic E-state index is 13.2. The lowest BCUT2D eigenvalue weighted by atomic mass is 10.2. The molecule has 2 N–H and O–H groups in total. The van der Waals surface area contributed by atoms with E-state index in [1.807, 2.05) is 6.07 Å². The number of carbonyl (C=O) groups is 2. The molecular formula is C21H22N4O5S. The molecule has 10 heteroatoms. The fourth-order valence-corrected chi connectivity index (χ4v) is 3.71. The van der Waals surface area contributed by atoms with E-state index < -0.39 is 11.9 Å². The Morgan fingerprint density at radius 1 is 1.10 bits per heavy atom. The Morgan fingerprint density at radius 3 is 2.55 bits per heavy atom. The highest BCUT2D eigenvalue weighted by molar-refractivity contribution is 7.99. The van der Waals surface area contributed by atoms with Crippen molar-refractivity contribution < 1.29 is 19.1 Å². The third-order valence-corrected chi connectivity index (χ3v) is 5.40. The van der Waals surface area contributed by atoms with E-state index in [0.29, 0.717) is 27.6 Å². The first-order valence-electron chi connectivity index (χ1n) is 9.31.